The maximum atomic E-state index is 14.3. The molecule has 1 aromatic heterocycles. The fraction of sp³-hybridized carbons (Fsp3) is 0.400. The lowest BCUT2D eigenvalue weighted by Gasteiger charge is -2.18. The van der Waals surface area contributed by atoms with Gasteiger partial charge in [-0.05, 0) is 20.8 Å². The summed E-state index contributed by atoms with van der Waals surface area (Å²) in [5, 5.41) is 3.95. The quantitative estimate of drug-likeness (QED) is 0.755. The monoisotopic (exact) mass is 298 g/mol. The van der Waals surface area contributed by atoms with Gasteiger partial charge in [0.05, 0.1) is 11.1 Å². The Kier molecular flexibility index (Phi) is 4.14. The summed E-state index contributed by atoms with van der Waals surface area (Å²) in [6.07, 6.45) is 0. The van der Waals surface area contributed by atoms with Crippen molar-refractivity contribution in [3.8, 4) is 0 Å². The third kappa shape index (κ3) is 2.85. The Hall–Kier alpha value is -1.42. The van der Waals surface area contributed by atoms with E-state index >= 15 is 0 Å². The normalized spacial score (nSPS) is 13.5. The fourth-order valence-corrected chi connectivity index (χ4v) is 2.72. The van der Waals surface area contributed by atoms with Crippen molar-refractivity contribution in [3.63, 3.8) is 0 Å². The van der Waals surface area contributed by atoms with E-state index in [0.29, 0.717) is 11.4 Å². The average Bonchev–Trinajstić information content (AvgIpc) is 2.64. The maximum Gasteiger partial charge on any atom is 0.292 e. The van der Waals surface area contributed by atoms with Gasteiger partial charge in [-0.1, -0.05) is 30.3 Å². The standard InChI is InChI=1S/C15H17ClF2N2/c1-10(16)14-11(2)19-20(12(14)3)9-15(17,18)13-7-5-4-6-8-13/h4-8,10H,9H2,1-3H3. The fourth-order valence-electron chi connectivity index (χ4n) is 2.40. The minimum absolute atomic E-state index is 0.00646. The van der Waals surface area contributed by atoms with E-state index in [0.717, 1.165) is 5.56 Å². The van der Waals surface area contributed by atoms with Crippen LogP contribution in [0.2, 0.25) is 0 Å². The van der Waals surface area contributed by atoms with Gasteiger partial charge in [-0.25, -0.2) is 0 Å². The molecule has 0 aliphatic carbocycles. The number of rotatable bonds is 4. The molecule has 0 fully saturated rings. The lowest BCUT2D eigenvalue weighted by molar-refractivity contribution is -0.0260. The molecule has 2 nitrogen and oxygen atoms in total. The second-order valence-electron chi connectivity index (χ2n) is 4.93. The highest BCUT2D eigenvalue weighted by Gasteiger charge is 2.33. The Labute approximate surface area is 122 Å². The Morgan fingerprint density at radius 3 is 2.35 bits per heavy atom. The molecule has 0 N–H and O–H groups in total. The van der Waals surface area contributed by atoms with Gasteiger partial charge in [0.1, 0.15) is 6.54 Å². The van der Waals surface area contributed by atoms with E-state index in [-0.39, 0.29) is 10.9 Å². The molecule has 5 heteroatoms. The molecule has 0 aliphatic rings. The van der Waals surface area contributed by atoms with E-state index in [2.05, 4.69) is 5.10 Å². The molecule has 1 heterocycles. The number of nitrogens with zero attached hydrogens (tertiary/aromatic N) is 2. The molecule has 1 unspecified atom stereocenters. The highest BCUT2D eigenvalue weighted by molar-refractivity contribution is 6.20. The van der Waals surface area contributed by atoms with Gasteiger partial charge in [-0.3, -0.25) is 4.68 Å². The van der Waals surface area contributed by atoms with E-state index in [1.807, 2.05) is 6.92 Å². The summed E-state index contributed by atoms with van der Waals surface area (Å²) in [4.78, 5) is 0. The maximum absolute atomic E-state index is 14.3. The van der Waals surface area contributed by atoms with Crippen LogP contribution < -0.4 is 0 Å². The summed E-state index contributed by atoms with van der Waals surface area (Å²) in [5.74, 6) is -2.96. The molecule has 0 saturated heterocycles. The number of halogens is 3. The van der Waals surface area contributed by atoms with Crippen LogP contribution in [-0.2, 0) is 12.5 Å². The van der Waals surface area contributed by atoms with Crippen LogP contribution in [0, 0.1) is 13.8 Å². The van der Waals surface area contributed by atoms with E-state index in [1.165, 1.54) is 16.8 Å². The molecule has 0 spiro atoms. The predicted molar refractivity (Wildman–Crippen MR) is 76.3 cm³/mol. The van der Waals surface area contributed by atoms with Gasteiger partial charge >= 0.3 is 0 Å². The first-order valence-electron chi connectivity index (χ1n) is 6.44. The molecular weight excluding hydrogens is 282 g/mol. The van der Waals surface area contributed by atoms with Crippen LogP contribution >= 0.6 is 11.6 Å². The summed E-state index contributed by atoms with van der Waals surface area (Å²) in [5.41, 5.74) is 2.22. The molecule has 0 bridgehead atoms. The first-order chi connectivity index (χ1) is 9.33. The van der Waals surface area contributed by atoms with Crippen LogP contribution in [0.4, 0.5) is 8.78 Å². The lowest BCUT2D eigenvalue weighted by Crippen LogP contribution is -2.23. The molecule has 2 aromatic rings. The molecular formula is C15H17ClF2N2. The van der Waals surface area contributed by atoms with Crippen molar-refractivity contribution in [2.45, 2.75) is 38.6 Å². The van der Waals surface area contributed by atoms with Crippen molar-refractivity contribution in [3.05, 3.63) is 52.8 Å². The molecule has 0 aliphatic heterocycles. The van der Waals surface area contributed by atoms with Gasteiger partial charge in [0.15, 0.2) is 0 Å². The summed E-state index contributed by atoms with van der Waals surface area (Å²) in [6, 6.07) is 7.79. The van der Waals surface area contributed by atoms with Gasteiger partial charge in [0.2, 0.25) is 0 Å². The van der Waals surface area contributed by atoms with Crippen LogP contribution in [0.15, 0.2) is 30.3 Å². The van der Waals surface area contributed by atoms with Crippen molar-refractivity contribution in [1.29, 1.82) is 0 Å². The number of alkyl halides is 3. The number of aryl methyl sites for hydroxylation is 1. The Morgan fingerprint density at radius 1 is 1.25 bits per heavy atom. The van der Waals surface area contributed by atoms with E-state index in [1.54, 1.807) is 32.0 Å². The number of hydrogen-bond acceptors (Lipinski definition) is 1. The Balaban J connectivity index is 2.33. The van der Waals surface area contributed by atoms with Gasteiger partial charge in [0.25, 0.3) is 5.92 Å². The lowest BCUT2D eigenvalue weighted by atomic mass is 10.1. The van der Waals surface area contributed by atoms with Gasteiger partial charge in [0, 0.05) is 16.8 Å². The minimum atomic E-state index is -2.96. The second kappa shape index (κ2) is 5.52. The van der Waals surface area contributed by atoms with Crippen molar-refractivity contribution in [2.75, 3.05) is 0 Å². The van der Waals surface area contributed by atoms with Crippen LogP contribution in [0.25, 0.3) is 0 Å². The number of aromatic nitrogens is 2. The molecule has 108 valence electrons. The summed E-state index contributed by atoms with van der Waals surface area (Å²) in [6.45, 7) is 4.90. The van der Waals surface area contributed by atoms with Gasteiger partial charge in [-0.15, -0.1) is 11.6 Å². The van der Waals surface area contributed by atoms with Crippen molar-refractivity contribution >= 4 is 11.6 Å². The first kappa shape index (κ1) is 15.0. The molecule has 1 aromatic carbocycles. The summed E-state index contributed by atoms with van der Waals surface area (Å²) >= 11 is 6.07. The largest absolute Gasteiger partial charge is 0.292 e. The van der Waals surface area contributed by atoms with Gasteiger partial charge in [-0.2, -0.15) is 13.9 Å². The second-order valence-corrected chi connectivity index (χ2v) is 5.58. The molecule has 2 rings (SSSR count). The number of hydrogen-bond donors (Lipinski definition) is 0. The number of benzene rings is 1. The molecule has 20 heavy (non-hydrogen) atoms. The Bertz CT molecular complexity index is 591. The topological polar surface area (TPSA) is 17.8 Å². The SMILES string of the molecule is Cc1nn(CC(F)(F)c2ccccc2)c(C)c1C(C)Cl. The van der Waals surface area contributed by atoms with E-state index in [9.17, 15) is 8.78 Å². The van der Waals surface area contributed by atoms with E-state index in [4.69, 9.17) is 11.6 Å². The van der Waals surface area contributed by atoms with Crippen molar-refractivity contribution < 1.29 is 8.78 Å². The molecule has 0 amide bonds. The zero-order chi connectivity index (χ0) is 14.9. The zero-order valence-corrected chi connectivity index (χ0v) is 12.5. The van der Waals surface area contributed by atoms with Crippen LogP contribution in [-0.4, -0.2) is 9.78 Å². The third-order valence-corrected chi connectivity index (χ3v) is 3.60. The minimum Gasteiger partial charge on any atom is -0.263 e. The first-order valence-corrected chi connectivity index (χ1v) is 6.88. The van der Waals surface area contributed by atoms with Crippen LogP contribution in [0.1, 0.15) is 34.8 Å². The summed E-state index contributed by atoms with van der Waals surface area (Å²) in [7, 11) is 0. The zero-order valence-electron chi connectivity index (χ0n) is 11.7. The highest BCUT2D eigenvalue weighted by atomic mass is 35.5. The van der Waals surface area contributed by atoms with Crippen molar-refractivity contribution in [2.24, 2.45) is 0 Å². The van der Waals surface area contributed by atoms with Crippen LogP contribution in [0.5, 0.6) is 0 Å². The molecule has 0 saturated carbocycles. The third-order valence-electron chi connectivity index (χ3n) is 3.38. The Morgan fingerprint density at radius 2 is 1.85 bits per heavy atom. The smallest absolute Gasteiger partial charge is 0.263 e. The van der Waals surface area contributed by atoms with Crippen molar-refractivity contribution in [1.82, 2.24) is 9.78 Å². The van der Waals surface area contributed by atoms with Crippen LogP contribution in [0.3, 0.4) is 0 Å². The predicted octanol–water partition coefficient (Wildman–Crippen LogP) is 4.59. The highest BCUT2D eigenvalue weighted by Crippen LogP contribution is 2.32. The molecule has 1 atom stereocenters. The average molecular weight is 299 g/mol. The van der Waals surface area contributed by atoms with E-state index < -0.39 is 12.5 Å². The molecule has 0 radical (unpaired) electrons. The summed E-state index contributed by atoms with van der Waals surface area (Å²) < 4.78 is 29.9. The van der Waals surface area contributed by atoms with Gasteiger partial charge < -0.3 is 0 Å².